The summed E-state index contributed by atoms with van der Waals surface area (Å²) in [4.78, 5) is 17.5. The zero-order valence-corrected chi connectivity index (χ0v) is 11.0. The third-order valence-corrected chi connectivity index (χ3v) is 2.91. The summed E-state index contributed by atoms with van der Waals surface area (Å²) in [6, 6.07) is 0. The van der Waals surface area contributed by atoms with Crippen molar-refractivity contribution in [3.63, 3.8) is 0 Å². The van der Waals surface area contributed by atoms with Crippen molar-refractivity contribution in [1.82, 2.24) is 0 Å². The first kappa shape index (κ1) is 14.8. The van der Waals surface area contributed by atoms with Gasteiger partial charge in [-0.25, -0.2) is 0 Å². The van der Waals surface area contributed by atoms with Gasteiger partial charge in [-0.05, 0) is 19.9 Å². The first-order valence-corrected chi connectivity index (χ1v) is 7.06. The molecule has 1 saturated heterocycles. The highest BCUT2D eigenvalue weighted by Crippen LogP contribution is 2.37. The Hall–Kier alpha value is -0.230. The van der Waals surface area contributed by atoms with Gasteiger partial charge >= 0.3 is 7.60 Å². The van der Waals surface area contributed by atoms with E-state index >= 15 is 0 Å². The van der Waals surface area contributed by atoms with Crippen LogP contribution >= 0.6 is 7.60 Å². The second kappa shape index (κ2) is 6.09. The van der Waals surface area contributed by atoms with Gasteiger partial charge in [0.2, 0.25) is 0 Å². The van der Waals surface area contributed by atoms with E-state index in [4.69, 9.17) is 24.0 Å². The van der Waals surface area contributed by atoms with Gasteiger partial charge < -0.3 is 24.0 Å². The molecule has 0 aliphatic carbocycles. The van der Waals surface area contributed by atoms with E-state index in [1.54, 1.807) is 7.11 Å². The highest BCUT2D eigenvalue weighted by atomic mass is 31.2. The number of methoxy groups -OCH3 is 1. The molecule has 7 heteroatoms. The van der Waals surface area contributed by atoms with E-state index in [1.807, 2.05) is 13.8 Å². The summed E-state index contributed by atoms with van der Waals surface area (Å²) >= 11 is 0. The lowest BCUT2D eigenvalue weighted by Gasteiger charge is -2.23. The Morgan fingerprint density at radius 3 is 2.59 bits per heavy atom. The quantitative estimate of drug-likeness (QED) is 0.719. The van der Waals surface area contributed by atoms with Gasteiger partial charge in [0.25, 0.3) is 0 Å². The van der Waals surface area contributed by atoms with Crippen molar-refractivity contribution in [2.24, 2.45) is 0 Å². The van der Waals surface area contributed by atoms with Crippen molar-refractivity contribution in [3.8, 4) is 0 Å². The van der Waals surface area contributed by atoms with Crippen molar-refractivity contribution in [2.75, 3.05) is 13.7 Å². The SMILES string of the molecule is COC1CO[C@H](/C=C/P(=O)(O)O)C1OC(C)C. The summed E-state index contributed by atoms with van der Waals surface area (Å²) in [5, 5.41) is 0. The van der Waals surface area contributed by atoms with Crippen LogP contribution in [0.25, 0.3) is 0 Å². The summed E-state index contributed by atoms with van der Waals surface area (Å²) in [7, 11) is -2.61. The fourth-order valence-electron chi connectivity index (χ4n) is 1.65. The van der Waals surface area contributed by atoms with Gasteiger partial charge in [-0.2, -0.15) is 0 Å². The first-order chi connectivity index (χ1) is 7.83. The van der Waals surface area contributed by atoms with Gasteiger partial charge in [-0.15, -0.1) is 0 Å². The van der Waals surface area contributed by atoms with Crippen LogP contribution in [0.4, 0.5) is 0 Å². The fraction of sp³-hybridized carbons (Fsp3) is 0.800. The molecule has 100 valence electrons. The standard InChI is InChI=1S/C10H19O6P/c1-7(2)16-10-8(4-5-17(11,12)13)15-6-9(10)14-3/h4-5,7-10H,6H2,1-3H3,(H2,11,12,13)/b5-4+/t8-,9?,10?/m1/s1. The largest absolute Gasteiger partial charge is 0.376 e. The van der Waals surface area contributed by atoms with Crippen molar-refractivity contribution in [3.05, 3.63) is 11.9 Å². The molecular weight excluding hydrogens is 247 g/mol. The molecule has 0 radical (unpaired) electrons. The molecule has 1 aliphatic rings. The Bertz CT molecular complexity index is 310. The minimum absolute atomic E-state index is 0.00897. The third-order valence-electron chi connectivity index (χ3n) is 2.35. The molecule has 2 unspecified atom stereocenters. The van der Waals surface area contributed by atoms with Crippen molar-refractivity contribution in [2.45, 2.75) is 38.3 Å². The van der Waals surface area contributed by atoms with Crippen LogP contribution in [0.2, 0.25) is 0 Å². The van der Waals surface area contributed by atoms with E-state index in [1.165, 1.54) is 6.08 Å². The Labute approximate surface area is 101 Å². The molecule has 0 amide bonds. The van der Waals surface area contributed by atoms with E-state index < -0.39 is 13.7 Å². The van der Waals surface area contributed by atoms with Crippen LogP contribution in [-0.4, -0.2) is 47.9 Å². The third kappa shape index (κ3) is 4.87. The molecule has 17 heavy (non-hydrogen) atoms. The molecule has 0 aromatic heterocycles. The first-order valence-electron chi connectivity index (χ1n) is 5.38. The maximum absolute atomic E-state index is 10.7. The molecule has 0 spiro atoms. The van der Waals surface area contributed by atoms with Crippen molar-refractivity contribution < 1.29 is 28.6 Å². The molecule has 0 saturated carbocycles. The minimum Gasteiger partial charge on any atom is -0.376 e. The van der Waals surface area contributed by atoms with Crippen LogP contribution < -0.4 is 0 Å². The molecule has 6 nitrogen and oxygen atoms in total. The predicted molar refractivity (Wildman–Crippen MR) is 61.7 cm³/mol. The van der Waals surface area contributed by atoms with Crippen LogP contribution in [0.3, 0.4) is 0 Å². The highest BCUT2D eigenvalue weighted by molar-refractivity contribution is 7.55. The summed E-state index contributed by atoms with van der Waals surface area (Å²) in [5.41, 5.74) is 0. The lowest BCUT2D eigenvalue weighted by atomic mass is 10.1. The van der Waals surface area contributed by atoms with E-state index in [0.717, 1.165) is 5.82 Å². The molecule has 1 heterocycles. The van der Waals surface area contributed by atoms with Crippen molar-refractivity contribution in [1.29, 1.82) is 0 Å². The maximum atomic E-state index is 10.7. The Kier molecular flexibility index (Phi) is 5.31. The van der Waals surface area contributed by atoms with Crippen LogP contribution in [0.1, 0.15) is 13.8 Å². The zero-order chi connectivity index (χ0) is 13.1. The van der Waals surface area contributed by atoms with Crippen LogP contribution in [0.5, 0.6) is 0 Å². The molecule has 0 bridgehead atoms. The van der Waals surface area contributed by atoms with Gasteiger partial charge in [0, 0.05) is 12.9 Å². The summed E-state index contributed by atoms with van der Waals surface area (Å²) in [6.45, 7) is 4.12. The van der Waals surface area contributed by atoms with Gasteiger partial charge in [-0.3, -0.25) is 4.57 Å². The van der Waals surface area contributed by atoms with E-state index in [0.29, 0.717) is 6.61 Å². The Morgan fingerprint density at radius 1 is 1.47 bits per heavy atom. The van der Waals surface area contributed by atoms with E-state index in [9.17, 15) is 4.57 Å². The maximum Gasteiger partial charge on any atom is 0.348 e. The van der Waals surface area contributed by atoms with E-state index in [2.05, 4.69) is 0 Å². The second-order valence-electron chi connectivity index (χ2n) is 4.15. The van der Waals surface area contributed by atoms with Gasteiger partial charge in [0.15, 0.2) is 0 Å². The Balaban J connectivity index is 2.70. The van der Waals surface area contributed by atoms with Crippen LogP contribution in [0, 0.1) is 0 Å². The van der Waals surface area contributed by atoms with Gasteiger partial charge in [-0.1, -0.05) is 0 Å². The summed E-state index contributed by atoms with van der Waals surface area (Å²) in [5.74, 6) is 0.840. The van der Waals surface area contributed by atoms with E-state index in [-0.39, 0.29) is 18.3 Å². The topological polar surface area (TPSA) is 85.2 Å². The second-order valence-corrected chi connectivity index (χ2v) is 5.63. The smallest absolute Gasteiger partial charge is 0.348 e. The monoisotopic (exact) mass is 266 g/mol. The molecule has 2 N–H and O–H groups in total. The lowest BCUT2D eigenvalue weighted by molar-refractivity contribution is -0.0659. The molecule has 3 atom stereocenters. The number of hydrogen-bond acceptors (Lipinski definition) is 4. The average Bonchev–Trinajstić information content (AvgIpc) is 2.55. The summed E-state index contributed by atoms with van der Waals surface area (Å²) in [6.07, 6.45) is 0.277. The molecule has 1 fully saturated rings. The van der Waals surface area contributed by atoms with Crippen LogP contribution in [-0.2, 0) is 18.8 Å². The highest BCUT2D eigenvalue weighted by Gasteiger charge is 2.37. The van der Waals surface area contributed by atoms with Gasteiger partial charge in [0.1, 0.15) is 18.3 Å². The predicted octanol–water partition coefficient (Wildman–Crippen LogP) is 0.885. The van der Waals surface area contributed by atoms with Crippen LogP contribution in [0.15, 0.2) is 11.9 Å². The molecule has 0 aromatic carbocycles. The average molecular weight is 266 g/mol. The fourth-order valence-corrected chi connectivity index (χ4v) is 2.04. The molecule has 0 aromatic rings. The molecule has 1 aliphatic heterocycles. The van der Waals surface area contributed by atoms with Gasteiger partial charge in [0.05, 0.1) is 12.7 Å². The normalized spacial score (nSPS) is 30.6. The lowest BCUT2D eigenvalue weighted by Crippen LogP contribution is -2.35. The Morgan fingerprint density at radius 2 is 2.12 bits per heavy atom. The number of rotatable bonds is 5. The number of hydrogen-bond donors (Lipinski definition) is 2. The molecule has 1 rings (SSSR count). The summed E-state index contributed by atoms with van der Waals surface area (Å²) < 4.78 is 27.0. The zero-order valence-electron chi connectivity index (χ0n) is 10.1. The minimum atomic E-state index is -4.16. The number of ether oxygens (including phenoxy) is 3. The molecular formula is C10H19O6P. The van der Waals surface area contributed by atoms with Crippen molar-refractivity contribution >= 4 is 7.60 Å².